The molecule has 0 aliphatic carbocycles. The molecule has 1 aromatic heterocycles. The largest absolute Gasteiger partial charge is 0.452 e. The second-order valence-corrected chi connectivity index (χ2v) is 4.39. The molecule has 0 spiro atoms. The van der Waals surface area contributed by atoms with Crippen molar-refractivity contribution in [2.45, 2.75) is 6.92 Å². The third-order valence-electron chi connectivity index (χ3n) is 2.79. The van der Waals surface area contributed by atoms with Gasteiger partial charge in [0.25, 0.3) is 5.91 Å². The Kier molecular flexibility index (Phi) is 4.52. The number of nitrogens with zero attached hydrogens (tertiary/aromatic N) is 1. The van der Waals surface area contributed by atoms with Crippen molar-refractivity contribution in [3.05, 3.63) is 41.6 Å². The Morgan fingerprint density at radius 1 is 1.38 bits per heavy atom. The van der Waals surface area contributed by atoms with Crippen LogP contribution in [0.4, 0.5) is 0 Å². The highest BCUT2D eigenvalue weighted by Crippen LogP contribution is 2.18. The fourth-order valence-corrected chi connectivity index (χ4v) is 1.89. The highest BCUT2D eigenvalue weighted by atomic mass is 16.5. The van der Waals surface area contributed by atoms with Gasteiger partial charge in [-0.1, -0.05) is 24.1 Å². The Labute approximate surface area is 122 Å². The number of carbonyl (C=O) groups is 2. The smallest absolute Gasteiger partial charge is 0.339 e. The number of nitrogens with one attached hydrogen (secondary N) is 1. The van der Waals surface area contributed by atoms with Gasteiger partial charge >= 0.3 is 5.97 Å². The van der Waals surface area contributed by atoms with Crippen LogP contribution in [0.2, 0.25) is 0 Å². The Morgan fingerprint density at radius 2 is 2.14 bits per heavy atom. The van der Waals surface area contributed by atoms with Gasteiger partial charge in [0.15, 0.2) is 6.61 Å². The van der Waals surface area contributed by atoms with Crippen LogP contribution in [-0.2, 0) is 9.53 Å². The number of benzene rings is 1. The van der Waals surface area contributed by atoms with E-state index in [1.165, 1.54) is 0 Å². The summed E-state index contributed by atoms with van der Waals surface area (Å²) in [5, 5.41) is 3.11. The number of hydrogen-bond donors (Lipinski definition) is 1. The van der Waals surface area contributed by atoms with Gasteiger partial charge in [0, 0.05) is 11.1 Å². The molecule has 5 nitrogen and oxygen atoms in total. The van der Waals surface area contributed by atoms with Gasteiger partial charge in [0.1, 0.15) is 0 Å². The van der Waals surface area contributed by atoms with Crippen molar-refractivity contribution < 1.29 is 14.3 Å². The van der Waals surface area contributed by atoms with Crippen LogP contribution in [0.15, 0.2) is 30.3 Å². The number of aromatic nitrogens is 1. The Balaban J connectivity index is 2.16. The van der Waals surface area contributed by atoms with Crippen molar-refractivity contribution in [3.63, 3.8) is 0 Å². The van der Waals surface area contributed by atoms with Gasteiger partial charge in [-0.25, -0.2) is 4.79 Å². The first-order valence-corrected chi connectivity index (χ1v) is 6.35. The normalized spacial score (nSPS) is 9.90. The molecular weight excluding hydrogens is 268 g/mol. The Morgan fingerprint density at radius 3 is 2.90 bits per heavy atom. The van der Waals surface area contributed by atoms with E-state index in [0.29, 0.717) is 22.2 Å². The summed E-state index contributed by atoms with van der Waals surface area (Å²) in [5.41, 5.74) is 1.81. The van der Waals surface area contributed by atoms with Crippen molar-refractivity contribution in [1.29, 1.82) is 0 Å². The molecule has 2 aromatic rings. The van der Waals surface area contributed by atoms with E-state index < -0.39 is 11.9 Å². The number of aryl methyl sites for hydroxylation is 1. The minimum atomic E-state index is -0.562. The van der Waals surface area contributed by atoms with E-state index in [-0.39, 0.29) is 13.2 Å². The lowest BCUT2D eigenvalue weighted by Gasteiger charge is -2.08. The topological polar surface area (TPSA) is 68.3 Å². The number of ether oxygens (including phenoxy) is 1. The standard InChI is InChI=1S/C16H14N2O3/c1-3-8-17-15(19)10-21-16(20)13-9-11(2)18-14-7-5-4-6-12(13)14/h1,4-7,9H,8,10H2,2H3,(H,17,19). The average molecular weight is 282 g/mol. The zero-order chi connectivity index (χ0) is 15.2. The van der Waals surface area contributed by atoms with Crippen molar-refractivity contribution in [2.75, 3.05) is 13.2 Å². The minimum absolute atomic E-state index is 0.105. The molecule has 0 aliphatic rings. The molecule has 1 N–H and O–H groups in total. The first kappa shape index (κ1) is 14.5. The molecule has 2 rings (SSSR count). The zero-order valence-corrected chi connectivity index (χ0v) is 11.6. The third kappa shape index (κ3) is 3.57. The lowest BCUT2D eigenvalue weighted by Crippen LogP contribution is -2.29. The van der Waals surface area contributed by atoms with Crippen molar-refractivity contribution in [1.82, 2.24) is 10.3 Å². The molecular formula is C16H14N2O3. The fourth-order valence-electron chi connectivity index (χ4n) is 1.89. The summed E-state index contributed by atoms with van der Waals surface area (Å²) in [6.07, 6.45) is 5.02. The molecule has 0 saturated carbocycles. The number of rotatable bonds is 4. The average Bonchev–Trinajstić information content (AvgIpc) is 2.49. The molecule has 5 heteroatoms. The molecule has 21 heavy (non-hydrogen) atoms. The van der Waals surface area contributed by atoms with Crippen LogP contribution in [0.3, 0.4) is 0 Å². The van der Waals surface area contributed by atoms with Crippen LogP contribution in [-0.4, -0.2) is 30.0 Å². The molecule has 0 atom stereocenters. The number of hydrogen-bond acceptors (Lipinski definition) is 4. The molecule has 0 bridgehead atoms. The van der Waals surface area contributed by atoms with Gasteiger partial charge in [0.05, 0.1) is 17.6 Å². The summed E-state index contributed by atoms with van der Waals surface area (Å²) in [7, 11) is 0. The quantitative estimate of drug-likeness (QED) is 0.680. The summed E-state index contributed by atoms with van der Waals surface area (Å²) < 4.78 is 5.00. The maximum atomic E-state index is 12.1. The molecule has 0 saturated heterocycles. The number of esters is 1. The zero-order valence-electron chi connectivity index (χ0n) is 11.6. The van der Waals surface area contributed by atoms with Crippen LogP contribution in [0.25, 0.3) is 10.9 Å². The summed E-state index contributed by atoms with van der Waals surface area (Å²) in [6.45, 7) is 1.53. The van der Waals surface area contributed by atoms with Crippen molar-refractivity contribution in [2.24, 2.45) is 0 Å². The lowest BCUT2D eigenvalue weighted by atomic mass is 10.1. The molecule has 0 aliphatic heterocycles. The van der Waals surface area contributed by atoms with Crippen molar-refractivity contribution >= 4 is 22.8 Å². The summed E-state index contributed by atoms with van der Waals surface area (Å²) in [6, 6.07) is 8.91. The maximum Gasteiger partial charge on any atom is 0.339 e. The molecule has 1 aromatic carbocycles. The van der Waals surface area contributed by atoms with Crippen LogP contribution in [0.1, 0.15) is 16.1 Å². The predicted octanol–water partition coefficient (Wildman–Crippen LogP) is 1.45. The van der Waals surface area contributed by atoms with Gasteiger partial charge in [-0.05, 0) is 19.1 Å². The number of para-hydroxylation sites is 1. The predicted molar refractivity (Wildman–Crippen MR) is 78.6 cm³/mol. The fraction of sp³-hybridized carbons (Fsp3) is 0.188. The first-order valence-electron chi connectivity index (χ1n) is 6.35. The van der Waals surface area contributed by atoms with E-state index in [1.807, 2.05) is 18.2 Å². The number of terminal acetylenes is 1. The number of carbonyl (C=O) groups excluding carboxylic acids is 2. The van der Waals surface area contributed by atoms with Crippen LogP contribution in [0.5, 0.6) is 0 Å². The summed E-state index contributed by atoms with van der Waals surface area (Å²) in [5.74, 6) is 1.27. The second-order valence-electron chi connectivity index (χ2n) is 4.39. The van der Waals surface area contributed by atoms with Crippen LogP contribution in [0, 0.1) is 19.3 Å². The van der Waals surface area contributed by atoms with Gasteiger partial charge in [-0.15, -0.1) is 6.42 Å². The number of fused-ring (bicyclic) bond motifs is 1. The number of pyridine rings is 1. The van der Waals surface area contributed by atoms with Gasteiger partial charge in [-0.2, -0.15) is 0 Å². The molecule has 1 amide bonds. The highest BCUT2D eigenvalue weighted by molar-refractivity contribution is 6.04. The SMILES string of the molecule is C#CCNC(=O)COC(=O)c1cc(C)nc2ccccc12. The summed E-state index contributed by atoms with van der Waals surface area (Å²) in [4.78, 5) is 27.8. The molecule has 0 radical (unpaired) electrons. The van der Waals surface area contributed by atoms with Crippen molar-refractivity contribution in [3.8, 4) is 12.3 Å². The van der Waals surface area contributed by atoms with E-state index in [0.717, 1.165) is 0 Å². The van der Waals surface area contributed by atoms with E-state index >= 15 is 0 Å². The maximum absolute atomic E-state index is 12.1. The van der Waals surface area contributed by atoms with Gasteiger partial charge < -0.3 is 10.1 Å². The van der Waals surface area contributed by atoms with E-state index in [2.05, 4.69) is 16.2 Å². The molecule has 0 fully saturated rings. The van der Waals surface area contributed by atoms with Gasteiger partial charge in [-0.3, -0.25) is 9.78 Å². The van der Waals surface area contributed by atoms with E-state index in [4.69, 9.17) is 11.2 Å². The Hall–Kier alpha value is -2.87. The molecule has 1 heterocycles. The van der Waals surface area contributed by atoms with Crippen LogP contribution < -0.4 is 5.32 Å². The lowest BCUT2D eigenvalue weighted by molar-refractivity contribution is -0.123. The monoisotopic (exact) mass is 282 g/mol. The van der Waals surface area contributed by atoms with Gasteiger partial charge in [0.2, 0.25) is 0 Å². The Bertz CT molecular complexity index is 732. The highest BCUT2D eigenvalue weighted by Gasteiger charge is 2.14. The van der Waals surface area contributed by atoms with Crippen LogP contribution >= 0.6 is 0 Å². The third-order valence-corrected chi connectivity index (χ3v) is 2.79. The second kappa shape index (κ2) is 6.53. The minimum Gasteiger partial charge on any atom is -0.452 e. The van der Waals surface area contributed by atoms with E-state index in [9.17, 15) is 9.59 Å². The molecule has 0 unspecified atom stereocenters. The first-order chi connectivity index (χ1) is 10.1. The van der Waals surface area contributed by atoms with E-state index in [1.54, 1.807) is 19.1 Å². The molecule has 106 valence electrons. The summed E-state index contributed by atoms with van der Waals surface area (Å²) >= 11 is 0. The number of amides is 1.